The van der Waals surface area contributed by atoms with Crippen molar-refractivity contribution in [2.24, 2.45) is 0 Å². The second-order valence-electron chi connectivity index (χ2n) is 3.75. The molecule has 0 aromatic carbocycles. The van der Waals surface area contributed by atoms with E-state index in [0.717, 1.165) is 0 Å². The Balaban J connectivity index is 2.92. The lowest BCUT2D eigenvalue weighted by molar-refractivity contribution is 0.150. The molecule has 0 spiro atoms. The zero-order valence-corrected chi connectivity index (χ0v) is 11.7. The van der Waals surface area contributed by atoms with Crippen molar-refractivity contribution in [2.45, 2.75) is 11.8 Å². The SMILES string of the molecule is COCCN(CCOC)S(=O)(=O)c1cn[nH]c1C. The molecule has 0 radical (unpaired) electrons. The van der Waals surface area contributed by atoms with Crippen LogP contribution in [-0.4, -0.2) is 63.4 Å². The summed E-state index contributed by atoms with van der Waals surface area (Å²) in [6.45, 7) is 2.91. The van der Waals surface area contributed by atoms with Gasteiger partial charge in [-0.1, -0.05) is 0 Å². The summed E-state index contributed by atoms with van der Waals surface area (Å²) in [6, 6.07) is 0. The van der Waals surface area contributed by atoms with Gasteiger partial charge < -0.3 is 9.47 Å². The lowest BCUT2D eigenvalue weighted by Crippen LogP contribution is -2.36. The van der Waals surface area contributed by atoms with Crippen LogP contribution in [0.4, 0.5) is 0 Å². The Hall–Kier alpha value is -0.960. The lowest BCUT2D eigenvalue weighted by Gasteiger charge is -2.21. The number of aryl methyl sites for hydroxylation is 1. The number of ether oxygens (including phenoxy) is 2. The van der Waals surface area contributed by atoms with Gasteiger partial charge in [0.05, 0.1) is 25.1 Å². The number of rotatable bonds is 8. The zero-order valence-electron chi connectivity index (χ0n) is 10.8. The Morgan fingerprint density at radius 3 is 2.22 bits per heavy atom. The summed E-state index contributed by atoms with van der Waals surface area (Å²) >= 11 is 0. The van der Waals surface area contributed by atoms with E-state index in [9.17, 15) is 8.42 Å². The van der Waals surface area contributed by atoms with Crippen LogP contribution >= 0.6 is 0 Å². The highest BCUT2D eigenvalue weighted by Crippen LogP contribution is 2.17. The quantitative estimate of drug-likeness (QED) is 0.723. The molecule has 18 heavy (non-hydrogen) atoms. The summed E-state index contributed by atoms with van der Waals surface area (Å²) in [5.41, 5.74) is 0.523. The van der Waals surface area contributed by atoms with Crippen molar-refractivity contribution < 1.29 is 17.9 Å². The molecule has 0 aliphatic carbocycles. The molecule has 104 valence electrons. The first kappa shape index (κ1) is 15.1. The van der Waals surface area contributed by atoms with E-state index in [0.29, 0.717) is 18.9 Å². The Kier molecular flexibility index (Phi) is 5.73. The summed E-state index contributed by atoms with van der Waals surface area (Å²) in [6.07, 6.45) is 1.32. The highest BCUT2D eigenvalue weighted by molar-refractivity contribution is 7.89. The standard InChI is InChI=1S/C10H19N3O4S/c1-9-10(8-11-12-9)18(14,15)13(4-6-16-2)5-7-17-3/h8H,4-7H2,1-3H3,(H,11,12). The molecular formula is C10H19N3O4S. The van der Waals surface area contributed by atoms with Crippen molar-refractivity contribution in [2.75, 3.05) is 40.5 Å². The number of hydrogen-bond donors (Lipinski definition) is 1. The molecule has 1 aromatic rings. The van der Waals surface area contributed by atoms with Gasteiger partial charge in [-0.25, -0.2) is 8.42 Å². The Bertz CT molecular complexity index is 449. The number of aromatic nitrogens is 2. The van der Waals surface area contributed by atoms with Gasteiger partial charge >= 0.3 is 0 Å². The number of nitrogens with one attached hydrogen (secondary N) is 1. The van der Waals surface area contributed by atoms with Crippen LogP contribution in [0.25, 0.3) is 0 Å². The minimum absolute atomic E-state index is 0.190. The predicted octanol–water partition coefficient (Wildman–Crippen LogP) is 0.00162. The van der Waals surface area contributed by atoms with E-state index in [-0.39, 0.29) is 18.0 Å². The third kappa shape index (κ3) is 3.52. The summed E-state index contributed by atoms with van der Waals surface area (Å²) in [4.78, 5) is 0.190. The van der Waals surface area contributed by atoms with Crippen LogP contribution in [0.5, 0.6) is 0 Å². The molecule has 0 atom stereocenters. The normalized spacial score (nSPS) is 12.2. The van der Waals surface area contributed by atoms with Gasteiger partial charge in [0.25, 0.3) is 0 Å². The molecule has 0 aliphatic rings. The topological polar surface area (TPSA) is 84.5 Å². The van der Waals surface area contributed by atoms with Crippen LogP contribution in [0.2, 0.25) is 0 Å². The van der Waals surface area contributed by atoms with Crippen LogP contribution < -0.4 is 0 Å². The molecule has 1 heterocycles. The maximum absolute atomic E-state index is 12.4. The third-order valence-electron chi connectivity index (χ3n) is 2.49. The van der Waals surface area contributed by atoms with Crippen molar-refractivity contribution in [1.29, 1.82) is 0 Å². The van der Waals surface area contributed by atoms with Gasteiger partial charge in [-0.2, -0.15) is 9.40 Å². The predicted molar refractivity (Wildman–Crippen MR) is 65.8 cm³/mol. The maximum Gasteiger partial charge on any atom is 0.246 e. The van der Waals surface area contributed by atoms with Gasteiger partial charge in [-0.15, -0.1) is 0 Å². The van der Waals surface area contributed by atoms with E-state index >= 15 is 0 Å². The van der Waals surface area contributed by atoms with Crippen LogP contribution in [0.15, 0.2) is 11.1 Å². The molecule has 7 nitrogen and oxygen atoms in total. The minimum Gasteiger partial charge on any atom is -0.383 e. The maximum atomic E-state index is 12.4. The fourth-order valence-corrected chi connectivity index (χ4v) is 3.00. The monoisotopic (exact) mass is 277 g/mol. The van der Waals surface area contributed by atoms with Gasteiger partial charge in [-0.05, 0) is 6.92 Å². The van der Waals surface area contributed by atoms with Crippen LogP contribution in [0.3, 0.4) is 0 Å². The molecule has 0 fully saturated rings. The zero-order chi connectivity index (χ0) is 13.6. The first-order valence-corrected chi connectivity index (χ1v) is 6.96. The molecule has 1 aromatic heterocycles. The van der Waals surface area contributed by atoms with E-state index < -0.39 is 10.0 Å². The first-order chi connectivity index (χ1) is 8.54. The highest BCUT2D eigenvalue weighted by atomic mass is 32.2. The number of nitrogens with zero attached hydrogens (tertiary/aromatic N) is 2. The molecule has 8 heteroatoms. The van der Waals surface area contributed by atoms with Crippen LogP contribution in [-0.2, 0) is 19.5 Å². The summed E-state index contributed by atoms with van der Waals surface area (Å²) in [5.74, 6) is 0. The van der Waals surface area contributed by atoms with Gasteiger partial charge in [0.2, 0.25) is 10.0 Å². The Labute approximate surface area is 107 Å². The van der Waals surface area contributed by atoms with Crippen molar-refractivity contribution in [3.63, 3.8) is 0 Å². The van der Waals surface area contributed by atoms with Crippen molar-refractivity contribution in [3.05, 3.63) is 11.9 Å². The molecule has 1 N–H and O–H groups in total. The molecule has 0 bridgehead atoms. The lowest BCUT2D eigenvalue weighted by atomic mass is 10.5. The Morgan fingerprint density at radius 2 is 1.83 bits per heavy atom. The smallest absolute Gasteiger partial charge is 0.246 e. The van der Waals surface area contributed by atoms with Crippen LogP contribution in [0.1, 0.15) is 5.69 Å². The van der Waals surface area contributed by atoms with Gasteiger partial charge in [0, 0.05) is 27.3 Å². The van der Waals surface area contributed by atoms with Crippen molar-refractivity contribution in [1.82, 2.24) is 14.5 Å². The average molecular weight is 277 g/mol. The fourth-order valence-electron chi connectivity index (χ4n) is 1.48. The van der Waals surface area contributed by atoms with E-state index in [1.807, 2.05) is 0 Å². The Morgan fingerprint density at radius 1 is 1.28 bits per heavy atom. The molecule has 0 saturated carbocycles. The molecule has 0 amide bonds. The first-order valence-electron chi connectivity index (χ1n) is 5.52. The molecule has 0 saturated heterocycles. The average Bonchev–Trinajstić information content (AvgIpc) is 2.76. The molecule has 0 aliphatic heterocycles. The van der Waals surface area contributed by atoms with E-state index in [1.54, 1.807) is 6.92 Å². The molecular weight excluding hydrogens is 258 g/mol. The number of sulfonamides is 1. The van der Waals surface area contributed by atoms with Crippen LogP contribution in [0, 0.1) is 6.92 Å². The van der Waals surface area contributed by atoms with Gasteiger partial charge in [-0.3, -0.25) is 5.10 Å². The van der Waals surface area contributed by atoms with Gasteiger partial charge in [0.15, 0.2) is 0 Å². The largest absolute Gasteiger partial charge is 0.383 e. The van der Waals surface area contributed by atoms with Gasteiger partial charge in [0.1, 0.15) is 4.90 Å². The summed E-state index contributed by atoms with van der Waals surface area (Å²) in [7, 11) is -0.489. The van der Waals surface area contributed by atoms with Crippen molar-refractivity contribution in [3.8, 4) is 0 Å². The number of methoxy groups -OCH3 is 2. The second-order valence-corrected chi connectivity index (χ2v) is 5.66. The number of hydrogen-bond acceptors (Lipinski definition) is 5. The fraction of sp³-hybridized carbons (Fsp3) is 0.700. The summed E-state index contributed by atoms with van der Waals surface area (Å²) in [5, 5.41) is 6.36. The van der Waals surface area contributed by atoms with E-state index in [4.69, 9.17) is 9.47 Å². The molecule has 0 unspecified atom stereocenters. The molecule has 1 rings (SSSR count). The van der Waals surface area contributed by atoms with E-state index in [2.05, 4.69) is 10.2 Å². The number of H-pyrrole nitrogens is 1. The minimum atomic E-state index is -3.55. The second kappa shape index (κ2) is 6.83. The number of aromatic amines is 1. The highest BCUT2D eigenvalue weighted by Gasteiger charge is 2.26. The van der Waals surface area contributed by atoms with E-state index in [1.165, 1.54) is 24.7 Å². The summed E-state index contributed by atoms with van der Waals surface area (Å²) < 4.78 is 35.9. The van der Waals surface area contributed by atoms with Crippen molar-refractivity contribution >= 4 is 10.0 Å². The third-order valence-corrected chi connectivity index (χ3v) is 4.50.